The van der Waals surface area contributed by atoms with Gasteiger partial charge in [0.25, 0.3) is 5.91 Å². The molecule has 0 aromatic carbocycles. The van der Waals surface area contributed by atoms with Crippen LogP contribution in [0.3, 0.4) is 0 Å². The maximum atomic E-state index is 10.7. The molecule has 1 amide bonds. The molecule has 0 aromatic heterocycles. The maximum Gasteiger partial charge on any atom is 0.333 e. The maximum absolute atomic E-state index is 10.7. The SMILES string of the molecule is C=C(C)C(=O)OCC(=O)NC. The molecule has 0 aliphatic rings. The summed E-state index contributed by atoms with van der Waals surface area (Å²) in [4.78, 5) is 21.2. The summed E-state index contributed by atoms with van der Waals surface area (Å²) in [6.07, 6.45) is 0. The van der Waals surface area contributed by atoms with Gasteiger partial charge in [0, 0.05) is 12.6 Å². The monoisotopic (exact) mass is 157 g/mol. The molecule has 0 aliphatic carbocycles. The average Bonchev–Trinajstić information content (AvgIpc) is 1.99. The number of amides is 1. The van der Waals surface area contributed by atoms with Crippen LogP contribution in [0, 0.1) is 0 Å². The van der Waals surface area contributed by atoms with E-state index in [9.17, 15) is 9.59 Å². The summed E-state index contributed by atoms with van der Waals surface area (Å²) < 4.78 is 4.51. The molecule has 0 spiro atoms. The molecule has 11 heavy (non-hydrogen) atoms. The Kier molecular flexibility index (Phi) is 3.95. The Hall–Kier alpha value is -1.32. The van der Waals surface area contributed by atoms with E-state index >= 15 is 0 Å². The van der Waals surface area contributed by atoms with E-state index in [0.29, 0.717) is 0 Å². The number of esters is 1. The summed E-state index contributed by atoms with van der Waals surface area (Å²) in [5.74, 6) is -0.881. The van der Waals surface area contributed by atoms with E-state index in [2.05, 4.69) is 16.6 Å². The minimum absolute atomic E-state index is 0.248. The Balaban J connectivity index is 3.63. The van der Waals surface area contributed by atoms with Gasteiger partial charge in [-0.2, -0.15) is 0 Å². The normalized spacial score (nSPS) is 8.55. The van der Waals surface area contributed by atoms with Crippen LogP contribution < -0.4 is 5.32 Å². The molecule has 0 atom stereocenters. The standard InChI is InChI=1S/C7H11NO3/c1-5(2)7(10)11-4-6(9)8-3/h1,4H2,2-3H3,(H,8,9). The van der Waals surface area contributed by atoms with Crippen molar-refractivity contribution in [1.29, 1.82) is 0 Å². The van der Waals surface area contributed by atoms with E-state index in [1.54, 1.807) is 0 Å². The lowest BCUT2D eigenvalue weighted by Gasteiger charge is -2.01. The van der Waals surface area contributed by atoms with E-state index in [0.717, 1.165) is 0 Å². The van der Waals surface area contributed by atoms with E-state index in [1.807, 2.05) is 0 Å². The largest absolute Gasteiger partial charge is 0.452 e. The van der Waals surface area contributed by atoms with Gasteiger partial charge in [-0.25, -0.2) is 4.79 Å². The van der Waals surface area contributed by atoms with Gasteiger partial charge in [0.05, 0.1) is 0 Å². The van der Waals surface area contributed by atoms with Crippen LogP contribution >= 0.6 is 0 Å². The fraction of sp³-hybridized carbons (Fsp3) is 0.429. The molecule has 0 saturated carbocycles. The Bertz CT molecular complexity index is 186. The van der Waals surface area contributed by atoms with Crippen LogP contribution in [0.5, 0.6) is 0 Å². The molecular weight excluding hydrogens is 146 g/mol. The lowest BCUT2D eigenvalue weighted by molar-refractivity contribution is -0.144. The molecule has 0 aromatic rings. The molecule has 4 nitrogen and oxygen atoms in total. The third-order valence-corrected chi connectivity index (χ3v) is 0.962. The topological polar surface area (TPSA) is 55.4 Å². The average molecular weight is 157 g/mol. The Labute approximate surface area is 65.2 Å². The molecule has 4 heteroatoms. The summed E-state index contributed by atoms with van der Waals surface area (Å²) in [5, 5.41) is 2.31. The number of nitrogens with one attached hydrogen (secondary N) is 1. The number of ether oxygens (including phenoxy) is 1. The van der Waals surface area contributed by atoms with Crippen molar-refractivity contribution < 1.29 is 14.3 Å². The van der Waals surface area contributed by atoms with E-state index in [1.165, 1.54) is 14.0 Å². The first-order valence-electron chi connectivity index (χ1n) is 3.11. The zero-order chi connectivity index (χ0) is 8.85. The lowest BCUT2D eigenvalue weighted by atomic mass is 10.4. The van der Waals surface area contributed by atoms with Crippen LogP contribution in [-0.2, 0) is 14.3 Å². The number of carbonyl (C=O) groups is 2. The van der Waals surface area contributed by atoms with Crippen LogP contribution in [-0.4, -0.2) is 25.5 Å². The quantitative estimate of drug-likeness (QED) is 0.458. The van der Waals surface area contributed by atoms with Crippen LogP contribution in [0.2, 0.25) is 0 Å². The van der Waals surface area contributed by atoms with Crippen molar-refractivity contribution in [2.75, 3.05) is 13.7 Å². The predicted octanol–water partition coefficient (Wildman–Crippen LogP) is -0.148. The van der Waals surface area contributed by atoms with Crippen LogP contribution in [0.15, 0.2) is 12.2 Å². The highest BCUT2D eigenvalue weighted by molar-refractivity contribution is 5.89. The van der Waals surface area contributed by atoms with Crippen molar-refractivity contribution in [2.24, 2.45) is 0 Å². The molecule has 0 saturated heterocycles. The van der Waals surface area contributed by atoms with Crippen molar-refractivity contribution in [1.82, 2.24) is 5.32 Å². The van der Waals surface area contributed by atoms with Gasteiger partial charge in [-0.05, 0) is 6.92 Å². The Morgan fingerprint density at radius 1 is 1.55 bits per heavy atom. The fourth-order valence-corrected chi connectivity index (χ4v) is 0.326. The first-order valence-corrected chi connectivity index (χ1v) is 3.11. The van der Waals surface area contributed by atoms with Crippen molar-refractivity contribution in [2.45, 2.75) is 6.92 Å². The molecule has 0 unspecified atom stereocenters. The molecule has 0 radical (unpaired) electrons. The number of likely N-dealkylation sites (N-methyl/N-ethyl adjacent to an activating group) is 1. The Morgan fingerprint density at radius 2 is 2.09 bits per heavy atom. The zero-order valence-electron chi connectivity index (χ0n) is 6.64. The summed E-state index contributed by atoms with van der Waals surface area (Å²) in [6.45, 7) is 4.62. The molecule has 0 heterocycles. The Morgan fingerprint density at radius 3 is 2.45 bits per heavy atom. The van der Waals surface area contributed by atoms with E-state index < -0.39 is 5.97 Å². The third kappa shape index (κ3) is 4.13. The molecule has 1 N–H and O–H groups in total. The summed E-state index contributed by atoms with van der Waals surface area (Å²) in [7, 11) is 1.47. The lowest BCUT2D eigenvalue weighted by Crippen LogP contribution is -2.25. The van der Waals surface area contributed by atoms with Gasteiger partial charge in [0.2, 0.25) is 0 Å². The minimum Gasteiger partial charge on any atom is -0.452 e. The second-order valence-electron chi connectivity index (χ2n) is 2.03. The first-order chi connectivity index (χ1) is 5.07. The minimum atomic E-state index is -0.548. The molecule has 0 fully saturated rings. The van der Waals surface area contributed by atoms with Crippen molar-refractivity contribution in [3.8, 4) is 0 Å². The van der Waals surface area contributed by atoms with Crippen LogP contribution in [0.25, 0.3) is 0 Å². The molecule has 62 valence electrons. The second-order valence-corrected chi connectivity index (χ2v) is 2.03. The summed E-state index contributed by atoms with van der Waals surface area (Å²) >= 11 is 0. The van der Waals surface area contributed by atoms with Gasteiger partial charge in [-0.3, -0.25) is 4.79 Å². The van der Waals surface area contributed by atoms with Gasteiger partial charge in [0.1, 0.15) is 0 Å². The van der Waals surface area contributed by atoms with Crippen molar-refractivity contribution in [3.63, 3.8) is 0 Å². The van der Waals surface area contributed by atoms with E-state index in [-0.39, 0.29) is 18.1 Å². The van der Waals surface area contributed by atoms with Gasteiger partial charge < -0.3 is 10.1 Å². The van der Waals surface area contributed by atoms with Gasteiger partial charge in [-0.15, -0.1) is 0 Å². The van der Waals surface area contributed by atoms with Crippen molar-refractivity contribution in [3.05, 3.63) is 12.2 Å². The number of hydrogen-bond donors (Lipinski definition) is 1. The van der Waals surface area contributed by atoms with Gasteiger partial charge in [0.15, 0.2) is 6.61 Å². The summed E-state index contributed by atoms with van der Waals surface area (Å²) in [5.41, 5.74) is 0.286. The second kappa shape index (κ2) is 4.49. The van der Waals surface area contributed by atoms with Crippen molar-refractivity contribution >= 4 is 11.9 Å². The highest BCUT2D eigenvalue weighted by Crippen LogP contribution is 1.90. The summed E-state index contributed by atoms with van der Waals surface area (Å²) in [6, 6.07) is 0. The molecule has 0 rings (SSSR count). The zero-order valence-corrected chi connectivity index (χ0v) is 6.64. The first kappa shape index (κ1) is 9.68. The predicted molar refractivity (Wildman–Crippen MR) is 39.8 cm³/mol. The highest BCUT2D eigenvalue weighted by atomic mass is 16.5. The van der Waals surface area contributed by atoms with E-state index in [4.69, 9.17) is 0 Å². The number of rotatable bonds is 3. The number of hydrogen-bond acceptors (Lipinski definition) is 3. The van der Waals surface area contributed by atoms with Crippen LogP contribution in [0.1, 0.15) is 6.92 Å². The molecular formula is C7H11NO3. The fourth-order valence-electron chi connectivity index (χ4n) is 0.326. The molecule has 0 bridgehead atoms. The van der Waals surface area contributed by atoms with Gasteiger partial charge in [-0.1, -0.05) is 6.58 Å². The number of carbonyl (C=O) groups excluding carboxylic acids is 2. The van der Waals surface area contributed by atoms with Crippen LogP contribution in [0.4, 0.5) is 0 Å². The molecule has 0 aliphatic heterocycles. The van der Waals surface area contributed by atoms with Gasteiger partial charge >= 0.3 is 5.97 Å². The third-order valence-electron chi connectivity index (χ3n) is 0.962. The smallest absolute Gasteiger partial charge is 0.333 e. The highest BCUT2D eigenvalue weighted by Gasteiger charge is 2.05.